The highest BCUT2D eigenvalue weighted by Gasteiger charge is 2.32. The summed E-state index contributed by atoms with van der Waals surface area (Å²) < 4.78 is 23.5. The van der Waals surface area contributed by atoms with Crippen molar-refractivity contribution in [1.82, 2.24) is 9.80 Å². The molecule has 2 aliphatic rings. The molecule has 0 aromatic heterocycles. The zero-order chi connectivity index (χ0) is 15.5. The Morgan fingerprint density at radius 2 is 1.90 bits per heavy atom. The van der Waals surface area contributed by atoms with Crippen LogP contribution in [-0.2, 0) is 14.6 Å². The van der Waals surface area contributed by atoms with E-state index in [0.29, 0.717) is 6.04 Å². The lowest BCUT2D eigenvalue weighted by Crippen LogP contribution is -2.44. The SMILES string of the molecule is CS(=O)(=O)C1CCCC(N2CCCN(CC(=O)O)CC2)C1. The van der Waals surface area contributed by atoms with Gasteiger partial charge in [-0.25, -0.2) is 8.42 Å². The third-order valence-electron chi connectivity index (χ3n) is 4.70. The molecule has 21 heavy (non-hydrogen) atoms. The minimum Gasteiger partial charge on any atom is -0.480 e. The van der Waals surface area contributed by atoms with E-state index < -0.39 is 15.8 Å². The first-order valence-electron chi connectivity index (χ1n) is 7.73. The standard InChI is InChI=1S/C14H26N2O4S/c1-21(19,20)13-5-2-4-12(10-13)16-7-3-6-15(8-9-16)11-14(17)18/h12-13H,2-11H2,1H3,(H,17,18). The van der Waals surface area contributed by atoms with Gasteiger partial charge >= 0.3 is 5.97 Å². The summed E-state index contributed by atoms with van der Waals surface area (Å²) in [6, 6.07) is 0.336. The van der Waals surface area contributed by atoms with E-state index in [2.05, 4.69) is 4.90 Å². The highest BCUT2D eigenvalue weighted by atomic mass is 32.2. The minimum atomic E-state index is -2.95. The van der Waals surface area contributed by atoms with Crippen LogP contribution in [0.3, 0.4) is 0 Å². The first-order valence-corrected chi connectivity index (χ1v) is 9.69. The molecule has 2 unspecified atom stereocenters. The molecule has 1 heterocycles. The lowest BCUT2D eigenvalue weighted by atomic mass is 9.93. The molecule has 0 aromatic rings. The summed E-state index contributed by atoms with van der Waals surface area (Å²) in [5.41, 5.74) is 0. The Labute approximate surface area is 127 Å². The number of carbonyl (C=O) groups is 1. The van der Waals surface area contributed by atoms with Crippen LogP contribution in [0.2, 0.25) is 0 Å². The average molecular weight is 318 g/mol. The number of rotatable bonds is 4. The van der Waals surface area contributed by atoms with Crippen LogP contribution in [0.4, 0.5) is 0 Å². The fourth-order valence-corrected chi connectivity index (χ4v) is 4.71. The van der Waals surface area contributed by atoms with E-state index in [1.165, 1.54) is 6.26 Å². The van der Waals surface area contributed by atoms with E-state index in [0.717, 1.165) is 58.3 Å². The monoisotopic (exact) mass is 318 g/mol. The molecule has 1 N–H and O–H groups in total. The number of aliphatic carboxylic acids is 1. The number of carboxylic acid groups (broad SMARTS) is 1. The summed E-state index contributed by atoms with van der Waals surface area (Å²) in [6.45, 7) is 3.45. The number of carboxylic acids is 1. The quantitative estimate of drug-likeness (QED) is 0.810. The number of sulfone groups is 1. The topological polar surface area (TPSA) is 77.9 Å². The highest BCUT2D eigenvalue weighted by molar-refractivity contribution is 7.91. The van der Waals surface area contributed by atoms with Gasteiger partial charge in [-0.05, 0) is 32.2 Å². The number of hydrogen-bond donors (Lipinski definition) is 1. The normalized spacial score (nSPS) is 30.0. The van der Waals surface area contributed by atoms with Crippen molar-refractivity contribution < 1.29 is 18.3 Å². The Balaban J connectivity index is 1.91. The lowest BCUT2D eigenvalue weighted by Gasteiger charge is -2.36. The summed E-state index contributed by atoms with van der Waals surface area (Å²) in [6.07, 6.45) is 5.85. The molecule has 122 valence electrons. The molecule has 0 amide bonds. The van der Waals surface area contributed by atoms with Gasteiger partial charge in [0.25, 0.3) is 0 Å². The Morgan fingerprint density at radius 3 is 2.57 bits per heavy atom. The summed E-state index contributed by atoms with van der Waals surface area (Å²) in [4.78, 5) is 15.1. The van der Waals surface area contributed by atoms with Crippen molar-refractivity contribution >= 4 is 15.8 Å². The maximum atomic E-state index is 11.8. The molecule has 2 fully saturated rings. The van der Waals surface area contributed by atoms with Crippen molar-refractivity contribution in [1.29, 1.82) is 0 Å². The molecule has 0 bridgehead atoms. The van der Waals surface area contributed by atoms with Gasteiger partial charge in [0.15, 0.2) is 0 Å². The van der Waals surface area contributed by atoms with E-state index >= 15 is 0 Å². The maximum Gasteiger partial charge on any atom is 0.317 e. The van der Waals surface area contributed by atoms with Gasteiger partial charge in [-0.15, -0.1) is 0 Å². The van der Waals surface area contributed by atoms with Crippen LogP contribution in [0.5, 0.6) is 0 Å². The van der Waals surface area contributed by atoms with Crippen LogP contribution >= 0.6 is 0 Å². The molecule has 1 aliphatic carbocycles. The summed E-state index contributed by atoms with van der Waals surface area (Å²) in [7, 11) is -2.95. The first-order chi connectivity index (χ1) is 9.86. The van der Waals surface area contributed by atoms with Crippen molar-refractivity contribution in [2.45, 2.75) is 43.4 Å². The van der Waals surface area contributed by atoms with Crippen molar-refractivity contribution in [3.63, 3.8) is 0 Å². The second-order valence-electron chi connectivity index (χ2n) is 6.33. The Bertz CT molecular complexity index is 466. The number of nitrogens with zero attached hydrogens (tertiary/aromatic N) is 2. The zero-order valence-corrected chi connectivity index (χ0v) is 13.5. The lowest BCUT2D eigenvalue weighted by molar-refractivity contribution is -0.138. The van der Waals surface area contributed by atoms with Crippen LogP contribution in [0.1, 0.15) is 32.1 Å². The molecule has 2 rings (SSSR count). The van der Waals surface area contributed by atoms with Gasteiger partial charge in [0.05, 0.1) is 11.8 Å². The van der Waals surface area contributed by atoms with Gasteiger partial charge in [0.1, 0.15) is 9.84 Å². The molecular formula is C14H26N2O4S. The highest BCUT2D eigenvalue weighted by Crippen LogP contribution is 2.28. The number of hydrogen-bond acceptors (Lipinski definition) is 5. The predicted octanol–water partition coefficient (Wildman–Crippen LogP) is 0.435. The second-order valence-corrected chi connectivity index (χ2v) is 8.66. The Morgan fingerprint density at radius 1 is 1.14 bits per heavy atom. The zero-order valence-electron chi connectivity index (χ0n) is 12.7. The van der Waals surface area contributed by atoms with Gasteiger partial charge < -0.3 is 5.11 Å². The van der Waals surface area contributed by atoms with Crippen molar-refractivity contribution in [3.8, 4) is 0 Å². The fraction of sp³-hybridized carbons (Fsp3) is 0.929. The molecule has 0 spiro atoms. The second kappa shape index (κ2) is 7.07. The Hall–Kier alpha value is -0.660. The third kappa shape index (κ3) is 4.93. The largest absolute Gasteiger partial charge is 0.480 e. The average Bonchev–Trinajstić information content (AvgIpc) is 2.63. The van der Waals surface area contributed by atoms with Gasteiger partial charge in [-0.3, -0.25) is 14.6 Å². The first kappa shape index (κ1) is 16.7. The summed E-state index contributed by atoms with van der Waals surface area (Å²) in [5, 5.41) is 8.68. The van der Waals surface area contributed by atoms with Crippen molar-refractivity contribution in [3.05, 3.63) is 0 Å². The van der Waals surface area contributed by atoms with Crippen LogP contribution in [-0.4, -0.2) is 79.6 Å². The van der Waals surface area contributed by atoms with Gasteiger partial charge in [0.2, 0.25) is 0 Å². The molecule has 1 aliphatic heterocycles. The molecule has 0 aromatic carbocycles. The van der Waals surface area contributed by atoms with E-state index in [-0.39, 0.29) is 11.8 Å². The molecule has 2 atom stereocenters. The van der Waals surface area contributed by atoms with E-state index in [4.69, 9.17) is 5.11 Å². The van der Waals surface area contributed by atoms with Crippen LogP contribution in [0.15, 0.2) is 0 Å². The summed E-state index contributed by atoms with van der Waals surface area (Å²) in [5.74, 6) is -0.779. The van der Waals surface area contributed by atoms with E-state index in [1.807, 2.05) is 4.90 Å². The molecule has 0 radical (unpaired) electrons. The molecule has 7 heteroatoms. The van der Waals surface area contributed by atoms with Crippen LogP contribution in [0, 0.1) is 0 Å². The van der Waals surface area contributed by atoms with Crippen molar-refractivity contribution in [2.24, 2.45) is 0 Å². The van der Waals surface area contributed by atoms with Gasteiger partial charge in [-0.2, -0.15) is 0 Å². The van der Waals surface area contributed by atoms with Crippen molar-refractivity contribution in [2.75, 3.05) is 39.0 Å². The van der Waals surface area contributed by atoms with Gasteiger partial charge in [0, 0.05) is 31.9 Å². The fourth-order valence-electron chi connectivity index (χ4n) is 3.55. The molecular weight excluding hydrogens is 292 g/mol. The molecule has 6 nitrogen and oxygen atoms in total. The minimum absolute atomic E-state index is 0.102. The van der Waals surface area contributed by atoms with E-state index in [1.54, 1.807) is 0 Å². The van der Waals surface area contributed by atoms with Crippen LogP contribution < -0.4 is 0 Å². The maximum absolute atomic E-state index is 11.8. The molecule has 1 saturated heterocycles. The predicted molar refractivity (Wildman–Crippen MR) is 81.2 cm³/mol. The summed E-state index contributed by atoms with van der Waals surface area (Å²) >= 11 is 0. The van der Waals surface area contributed by atoms with E-state index in [9.17, 15) is 13.2 Å². The van der Waals surface area contributed by atoms with Gasteiger partial charge in [-0.1, -0.05) is 6.42 Å². The Kier molecular flexibility index (Phi) is 5.62. The smallest absolute Gasteiger partial charge is 0.317 e. The third-order valence-corrected chi connectivity index (χ3v) is 6.34. The van der Waals surface area contributed by atoms with Crippen LogP contribution in [0.25, 0.3) is 0 Å². The molecule has 1 saturated carbocycles.